The number of primary amides is 1. The van der Waals surface area contributed by atoms with E-state index in [-0.39, 0.29) is 59.4 Å². The number of oxazole rings is 1. The van der Waals surface area contributed by atoms with Gasteiger partial charge in [0, 0.05) is 29.8 Å². The molecule has 2 atom stereocenters. The first-order valence-electron chi connectivity index (χ1n) is 14.5. The molecule has 46 heavy (non-hydrogen) atoms. The molecule has 246 valence electrons. The first kappa shape index (κ1) is 32.4. The SMILES string of the molecule is CC(OC(N)=O)c1oc(-c2ccc(OC(F)F)c(OCC3CC3)c2)nc1C(=O)NC(CNC(=O)NC1CC1)c1ccc(F)cc1F. The van der Waals surface area contributed by atoms with Gasteiger partial charge in [-0.15, -0.1) is 0 Å². The number of nitrogens with zero attached hydrogens (tertiary/aromatic N) is 1. The van der Waals surface area contributed by atoms with E-state index in [1.807, 2.05) is 0 Å². The highest BCUT2D eigenvalue weighted by Gasteiger charge is 2.31. The maximum atomic E-state index is 14.8. The molecule has 0 aliphatic heterocycles. The van der Waals surface area contributed by atoms with E-state index in [4.69, 9.17) is 19.6 Å². The van der Waals surface area contributed by atoms with Crippen molar-refractivity contribution in [2.45, 2.75) is 57.4 Å². The van der Waals surface area contributed by atoms with Gasteiger partial charge < -0.3 is 40.3 Å². The largest absolute Gasteiger partial charge is 0.489 e. The molecule has 2 aromatic carbocycles. The van der Waals surface area contributed by atoms with E-state index in [1.165, 1.54) is 25.1 Å². The highest BCUT2D eigenvalue weighted by molar-refractivity contribution is 5.94. The lowest BCUT2D eigenvalue weighted by Gasteiger charge is -2.20. The Morgan fingerprint density at radius 1 is 1.07 bits per heavy atom. The van der Waals surface area contributed by atoms with Crippen molar-refractivity contribution in [1.82, 2.24) is 20.9 Å². The second-order valence-corrected chi connectivity index (χ2v) is 10.9. The van der Waals surface area contributed by atoms with Crippen molar-refractivity contribution in [2.24, 2.45) is 11.7 Å². The normalized spacial score (nSPS) is 15.5. The van der Waals surface area contributed by atoms with Crippen LogP contribution in [0.1, 0.15) is 66.6 Å². The van der Waals surface area contributed by atoms with E-state index in [0.717, 1.165) is 37.8 Å². The van der Waals surface area contributed by atoms with Crippen LogP contribution >= 0.6 is 0 Å². The summed E-state index contributed by atoms with van der Waals surface area (Å²) in [5.41, 5.74) is 4.83. The number of benzene rings is 2. The van der Waals surface area contributed by atoms with Gasteiger partial charge in [-0.05, 0) is 62.8 Å². The van der Waals surface area contributed by atoms with Crippen LogP contribution in [0.4, 0.5) is 27.2 Å². The molecule has 5 rings (SSSR count). The summed E-state index contributed by atoms with van der Waals surface area (Å²) in [6.45, 7) is -1.78. The first-order chi connectivity index (χ1) is 22.0. The second kappa shape index (κ2) is 14.0. The van der Waals surface area contributed by atoms with Crippen LogP contribution in [0, 0.1) is 17.6 Å². The Balaban J connectivity index is 1.45. The van der Waals surface area contributed by atoms with Crippen LogP contribution < -0.4 is 31.2 Å². The quantitative estimate of drug-likeness (QED) is 0.175. The zero-order valence-corrected chi connectivity index (χ0v) is 24.5. The molecule has 2 aliphatic rings. The maximum Gasteiger partial charge on any atom is 0.405 e. The zero-order chi connectivity index (χ0) is 33.0. The number of nitrogens with two attached hydrogens (primary N) is 1. The number of carbonyl (C=O) groups excluding carboxylic acids is 3. The Hall–Kier alpha value is -5.02. The highest BCUT2D eigenvalue weighted by atomic mass is 19.3. The number of hydrogen-bond acceptors (Lipinski definition) is 8. The third-order valence-electron chi connectivity index (χ3n) is 7.13. The molecule has 2 unspecified atom stereocenters. The molecule has 1 heterocycles. The minimum Gasteiger partial charge on any atom is -0.489 e. The molecular formula is C30H31F4N5O7. The van der Waals surface area contributed by atoms with Crippen molar-refractivity contribution in [2.75, 3.05) is 13.2 Å². The Morgan fingerprint density at radius 2 is 1.83 bits per heavy atom. The number of rotatable bonds is 14. The standard InChI is InChI=1S/C30H31F4N5O7/c1-14(44-29(35)41)25-24(39-27(46-25)16-4-9-22(45-28(33)34)23(10-16)43-13-15-2-3-15)26(40)38-21(12-36-30(42)37-18-6-7-18)19-8-5-17(31)11-20(19)32/h4-5,8-11,14-15,18,21,28H,2-3,6-7,12-13H2,1H3,(H2,35,41)(H,38,40)(H2,36,37,42). The van der Waals surface area contributed by atoms with Crippen LogP contribution in [0.3, 0.4) is 0 Å². The molecule has 0 spiro atoms. The van der Waals surface area contributed by atoms with Crippen LogP contribution in [-0.4, -0.2) is 48.8 Å². The number of halogens is 4. The molecule has 2 fully saturated rings. The molecule has 1 aromatic heterocycles. The predicted molar refractivity (Wildman–Crippen MR) is 152 cm³/mol. The Morgan fingerprint density at radius 3 is 2.48 bits per heavy atom. The van der Waals surface area contributed by atoms with E-state index in [2.05, 4.69) is 25.7 Å². The Kier molecular flexibility index (Phi) is 9.82. The summed E-state index contributed by atoms with van der Waals surface area (Å²) < 4.78 is 75.7. The number of alkyl halides is 2. The molecule has 4 amide bonds. The summed E-state index contributed by atoms with van der Waals surface area (Å²) in [4.78, 5) is 41.7. The van der Waals surface area contributed by atoms with Crippen molar-refractivity contribution in [3.8, 4) is 23.0 Å². The number of urea groups is 1. The smallest absolute Gasteiger partial charge is 0.405 e. The van der Waals surface area contributed by atoms with E-state index in [9.17, 15) is 31.9 Å². The third kappa shape index (κ3) is 8.57. The summed E-state index contributed by atoms with van der Waals surface area (Å²) in [7, 11) is 0. The fraction of sp³-hybridized carbons (Fsp3) is 0.400. The van der Waals surface area contributed by atoms with E-state index >= 15 is 0 Å². The number of nitrogens with one attached hydrogen (secondary N) is 3. The Bertz CT molecular complexity index is 1600. The maximum absolute atomic E-state index is 14.8. The van der Waals surface area contributed by atoms with E-state index in [1.54, 1.807) is 0 Å². The molecule has 5 N–H and O–H groups in total. The monoisotopic (exact) mass is 649 g/mol. The first-order valence-corrected chi connectivity index (χ1v) is 14.5. The topological polar surface area (TPSA) is 167 Å². The molecule has 16 heteroatoms. The number of hydrogen-bond donors (Lipinski definition) is 4. The number of ether oxygens (including phenoxy) is 3. The van der Waals surface area contributed by atoms with Gasteiger partial charge in [0.05, 0.1) is 12.6 Å². The lowest BCUT2D eigenvalue weighted by atomic mass is 10.1. The van der Waals surface area contributed by atoms with Crippen LogP contribution in [0.2, 0.25) is 0 Å². The van der Waals surface area contributed by atoms with Gasteiger partial charge in [0.15, 0.2) is 29.1 Å². The van der Waals surface area contributed by atoms with Gasteiger partial charge in [-0.2, -0.15) is 8.78 Å². The number of aromatic nitrogens is 1. The second-order valence-electron chi connectivity index (χ2n) is 10.9. The predicted octanol–water partition coefficient (Wildman–Crippen LogP) is 5.10. The molecule has 3 aromatic rings. The van der Waals surface area contributed by atoms with Gasteiger partial charge in [-0.3, -0.25) is 4.79 Å². The minimum absolute atomic E-state index is 0.0146. The fourth-order valence-electron chi connectivity index (χ4n) is 4.47. The van der Waals surface area contributed by atoms with Crippen molar-refractivity contribution in [3.05, 3.63) is 65.1 Å². The molecule has 2 saturated carbocycles. The average Bonchev–Trinajstić information content (AvgIpc) is 3.93. The summed E-state index contributed by atoms with van der Waals surface area (Å²) in [5.74, 6) is -3.17. The minimum atomic E-state index is -3.11. The van der Waals surface area contributed by atoms with Crippen LogP contribution in [0.5, 0.6) is 11.5 Å². The summed E-state index contributed by atoms with van der Waals surface area (Å²) in [6, 6.07) is 4.92. The van der Waals surface area contributed by atoms with Gasteiger partial charge in [-0.1, -0.05) is 6.07 Å². The van der Waals surface area contributed by atoms with E-state index < -0.39 is 54.1 Å². The number of carbonyl (C=O) groups is 3. The van der Waals surface area contributed by atoms with Gasteiger partial charge in [0.1, 0.15) is 11.6 Å². The van der Waals surface area contributed by atoms with Crippen LogP contribution in [0.25, 0.3) is 11.5 Å². The molecule has 0 bridgehead atoms. The third-order valence-corrected chi connectivity index (χ3v) is 7.13. The molecule has 0 saturated heterocycles. The average molecular weight is 650 g/mol. The van der Waals surface area contributed by atoms with Gasteiger partial charge in [0.25, 0.3) is 5.91 Å². The molecule has 12 nitrogen and oxygen atoms in total. The van der Waals surface area contributed by atoms with Crippen molar-refractivity contribution < 1.29 is 50.6 Å². The van der Waals surface area contributed by atoms with Crippen LogP contribution in [0.15, 0.2) is 40.8 Å². The summed E-state index contributed by atoms with van der Waals surface area (Å²) in [5, 5.41) is 7.83. The Labute approximate surface area is 259 Å². The molecular weight excluding hydrogens is 618 g/mol. The van der Waals surface area contributed by atoms with Crippen molar-refractivity contribution in [1.29, 1.82) is 0 Å². The zero-order valence-electron chi connectivity index (χ0n) is 24.5. The van der Waals surface area contributed by atoms with Crippen molar-refractivity contribution in [3.63, 3.8) is 0 Å². The summed E-state index contributed by atoms with van der Waals surface area (Å²) in [6.07, 6.45) is 1.09. The van der Waals surface area contributed by atoms with Gasteiger partial charge in [-0.25, -0.2) is 23.4 Å². The lowest BCUT2D eigenvalue weighted by molar-refractivity contribution is -0.0515. The summed E-state index contributed by atoms with van der Waals surface area (Å²) >= 11 is 0. The number of amides is 4. The van der Waals surface area contributed by atoms with Crippen molar-refractivity contribution >= 4 is 18.0 Å². The van der Waals surface area contributed by atoms with Gasteiger partial charge in [0.2, 0.25) is 5.89 Å². The van der Waals surface area contributed by atoms with Gasteiger partial charge >= 0.3 is 18.7 Å². The van der Waals surface area contributed by atoms with E-state index in [0.29, 0.717) is 6.07 Å². The lowest BCUT2D eigenvalue weighted by Crippen LogP contribution is -2.43. The van der Waals surface area contributed by atoms with Crippen LogP contribution in [-0.2, 0) is 4.74 Å². The fourth-order valence-corrected chi connectivity index (χ4v) is 4.47. The highest BCUT2D eigenvalue weighted by Crippen LogP contribution is 2.37. The molecule has 0 radical (unpaired) electrons. The molecule has 2 aliphatic carbocycles.